The van der Waals surface area contributed by atoms with E-state index in [2.05, 4.69) is 39.5 Å². The molecule has 3 heteroatoms. The van der Waals surface area contributed by atoms with Gasteiger partial charge in [-0.3, -0.25) is 9.59 Å². The number of carboxylic acids is 1. The smallest absolute Gasteiger partial charge is 0.307 e. The second-order valence-corrected chi connectivity index (χ2v) is 7.04. The van der Waals surface area contributed by atoms with E-state index in [1.807, 2.05) is 6.92 Å². The fraction of sp³-hybridized carbons (Fsp3) is 0.524. The Labute approximate surface area is 144 Å². The first-order chi connectivity index (χ1) is 11.3. The van der Waals surface area contributed by atoms with Crippen molar-refractivity contribution in [3.05, 3.63) is 46.5 Å². The summed E-state index contributed by atoms with van der Waals surface area (Å²) in [6.45, 7) is 12.1. The van der Waals surface area contributed by atoms with Crippen LogP contribution in [0.5, 0.6) is 0 Å². The van der Waals surface area contributed by atoms with Gasteiger partial charge >= 0.3 is 5.97 Å². The monoisotopic (exact) mass is 328 g/mol. The summed E-state index contributed by atoms with van der Waals surface area (Å²) in [5, 5.41) is 9.45. The maximum absolute atomic E-state index is 13.1. The first-order valence-corrected chi connectivity index (χ1v) is 8.85. The molecule has 1 fully saturated rings. The number of hydrogen-bond acceptors (Lipinski definition) is 2. The van der Waals surface area contributed by atoms with E-state index in [1.54, 1.807) is 0 Å². The van der Waals surface area contributed by atoms with Crippen molar-refractivity contribution in [2.45, 2.75) is 59.3 Å². The number of aryl methyl sites for hydroxylation is 3. The molecule has 1 aromatic rings. The third-order valence-corrected chi connectivity index (χ3v) is 5.30. The van der Waals surface area contributed by atoms with Crippen LogP contribution in [-0.2, 0) is 22.4 Å². The quantitative estimate of drug-likeness (QED) is 0.784. The number of carboxylic acid groups (broad SMARTS) is 1. The molecule has 3 unspecified atom stereocenters. The highest BCUT2D eigenvalue weighted by atomic mass is 16.4. The van der Waals surface area contributed by atoms with Crippen LogP contribution in [0.4, 0.5) is 0 Å². The van der Waals surface area contributed by atoms with Crippen LogP contribution in [0.3, 0.4) is 0 Å². The van der Waals surface area contributed by atoms with Gasteiger partial charge in [0.25, 0.3) is 0 Å². The molecule has 2 rings (SSSR count). The highest BCUT2D eigenvalue weighted by Crippen LogP contribution is 2.40. The van der Waals surface area contributed by atoms with E-state index >= 15 is 0 Å². The topological polar surface area (TPSA) is 54.4 Å². The standard InChI is InChI=1S/C21H28O3/c1-6-15-8-12(3)9-16(7-2)19(15)14(5)20(22)17-10-13(4)11-18(17)21(23)24/h8-9,14,17-18H,4,6-7,10-11H2,1-3,5H3,(H,23,24). The van der Waals surface area contributed by atoms with Gasteiger partial charge in [-0.05, 0) is 49.3 Å². The number of carbonyl (C=O) groups excluding carboxylic acids is 1. The van der Waals surface area contributed by atoms with E-state index in [1.165, 1.54) is 16.7 Å². The average Bonchev–Trinajstić information content (AvgIpc) is 2.94. The number of hydrogen-bond donors (Lipinski definition) is 1. The Morgan fingerprint density at radius 1 is 1.17 bits per heavy atom. The van der Waals surface area contributed by atoms with Crippen LogP contribution in [0, 0.1) is 18.8 Å². The van der Waals surface area contributed by atoms with Crippen molar-refractivity contribution >= 4 is 11.8 Å². The summed E-state index contributed by atoms with van der Waals surface area (Å²) in [6.07, 6.45) is 2.69. The van der Waals surface area contributed by atoms with Gasteiger partial charge in [-0.25, -0.2) is 0 Å². The third kappa shape index (κ3) is 3.45. The highest BCUT2D eigenvalue weighted by Gasteiger charge is 2.41. The molecule has 1 aliphatic carbocycles. The second-order valence-electron chi connectivity index (χ2n) is 7.04. The zero-order valence-corrected chi connectivity index (χ0v) is 15.2. The van der Waals surface area contributed by atoms with Crippen molar-refractivity contribution in [3.63, 3.8) is 0 Å². The molecule has 1 aromatic carbocycles. The fourth-order valence-electron chi connectivity index (χ4n) is 4.11. The number of carbonyl (C=O) groups is 2. The van der Waals surface area contributed by atoms with Crippen LogP contribution in [0.25, 0.3) is 0 Å². The number of benzene rings is 1. The van der Waals surface area contributed by atoms with Gasteiger partial charge in [-0.15, -0.1) is 0 Å². The number of Topliss-reactive ketones (excluding diaryl/α,β-unsaturated/α-hetero) is 1. The largest absolute Gasteiger partial charge is 0.481 e. The zero-order valence-electron chi connectivity index (χ0n) is 15.2. The van der Waals surface area contributed by atoms with E-state index in [-0.39, 0.29) is 11.7 Å². The van der Waals surface area contributed by atoms with Gasteiger partial charge in [-0.2, -0.15) is 0 Å². The minimum Gasteiger partial charge on any atom is -0.481 e. The van der Waals surface area contributed by atoms with E-state index in [9.17, 15) is 14.7 Å². The van der Waals surface area contributed by atoms with E-state index < -0.39 is 17.8 Å². The van der Waals surface area contributed by atoms with E-state index in [0.29, 0.717) is 12.8 Å². The number of ketones is 1. The Kier molecular flexibility index (Phi) is 5.63. The first kappa shape index (κ1) is 18.4. The minimum absolute atomic E-state index is 0.0503. The van der Waals surface area contributed by atoms with Gasteiger partial charge in [-0.1, -0.05) is 50.6 Å². The molecule has 0 spiro atoms. The van der Waals surface area contributed by atoms with Crippen molar-refractivity contribution < 1.29 is 14.7 Å². The van der Waals surface area contributed by atoms with Gasteiger partial charge < -0.3 is 5.11 Å². The molecular formula is C21H28O3. The number of aliphatic carboxylic acids is 1. The highest BCUT2D eigenvalue weighted by molar-refractivity contribution is 5.92. The van der Waals surface area contributed by atoms with Crippen LogP contribution in [-0.4, -0.2) is 16.9 Å². The Morgan fingerprint density at radius 3 is 2.12 bits per heavy atom. The summed E-state index contributed by atoms with van der Waals surface area (Å²) >= 11 is 0. The molecule has 0 amide bonds. The lowest BCUT2D eigenvalue weighted by molar-refractivity contribution is -0.145. The predicted molar refractivity (Wildman–Crippen MR) is 96.3 cm³/mol. The molecule has 0 saturated heterocycles. The minimum atomic E-state index is -0.880. The van der Waals surface area contributed by atoms with E-state index in [0.717, 1.165) is 24.0 Å². The van der Waals surface area contributed by atoms with Gasteiger partial charge in [0.2, 0.25) is 0 Å². The van der Waals surface area contributed by atoms with Gasteiger partial charge in [0.15, 0.2) is 0 Å². The fourth-order valence-corrected chi connectivity index (χ4v) is 4.11. The van der Waals surface area contributed by atoms with Gasteiger partial charge in [0.05, 0.1) is 5.92 Å². The summed E-state index contributed by atoms with van der Waals surface area (Å²) in [5.74, 6) is -2.16. The molecule has 0 heterocycles. The molecule has 3 nitrogen and oxygen atoms in total. The molecule has 1 N–H and O–H groups in total. The molecule has 1 saturated carbocycles. The molecule has 1 aliphatic rings. The molecule has 24 heavy (non-hydrogen) atoms. The normalized spacial score (nSPS) is 21.8. The summed E-state index contributed by atoms with van der Waals surface area (Å²) in [5.41, 5.74) is 5.61. The predicted octanol–water partition coefficient (Wildman–Crippen LogP) is 4.46. The van der Waals surface area contributed by atoms with Crippen LogP contribution < -0.4 is 0 Å². The SMILES string of the molecule is C=C1CC(C(=O)O)C(C(=O)C(C)c2c(CC)cc(C)cc2CC)C1. The zero-order chi connectivity index (χ0) is 18.0. The van der Waals surface area contributed by atoms with Crippen LogP contribution in [0.1, 0.15) is 61.8 Å². The molecule has 0 radical (unpaired) electrons. The van der Waals surface area contributed by atoms with Crippen molar-refractivity contribution in [1.82, 2.24) is 0 Å². The summed E-state index contributed by atoms with van der Waals surface area (Å²) < 4.78 is 0. The molecule has 0 aromatic heterocycles. The lowest BCUT2D eigenvalue weighted by Gasteiger charge is -2.24. The van der Waals surface area contributed by atoms with Crippen LogP contribution in [0.2, 0.25) is 0 Å². The van der Waals surface area contributed by atoms with E-state index in [4.69, 9.17) is 0 Å². The summed E-state index contributed by atoms with van der Waals surface area (Å²) in [4.78, 5) is 24.6. The van der Waals surface area contributed by atoms with Gasteiger partial charge in [0, 0.05) is 11.8 Å². The Balaban J connectivity index is 2.41. The molecule has 0 aliphatic heterocycles. The number of allylic oxidation sites excluding steroid dienone is 1. The average molecular weight is 328 g/mol. The second kappa shape index (κ2) is 7.33. The molecule has 3 atom stereocenters. The lowest BCUT2D eigenvalue weighted by atomic mass is 9.79. The molecule has 130 valence electrons. The van der Waals surface area contributed by atoms with Crippen LogP contribution in [0.15, 0.2) is 24.3 Å². The summed E-state index contributed by atoms with van der Waals surface area (Å²) in [6, 6.07) is 4.31. The summed E-state index contributed by atoms with van der Waals surface area (Å²) in [7, 11) is 0. The Morgan fingerprint density at radius 2 is 1.67 bits per heavy atom. The third-order valence-electron chi connectivity index (χ3n) is 5.30. The molecule has 0 bridgehead atoms. The Bertz CT molecular complexity index is 647. The lowest BCUT2D eigenvalue weighted by Crippen LogP contribution is -2.29. The van der Waals surface area contributed by atoms with Crippen LogP contribution >= 0.6 is 0 Å². The number of rotatable bonds is 6. The van der Waals surface area contributed by atoms with Crippen molar-refractivity contribution in [2.24, 2.45) is 11.8 Å². The Hall–Kier alpha value is -1.90. The maximum atomic E-state index is 13.1. The first-order valence-electron chi connectivity index (χ1n) is 8.85. The molecular weight excluding hydrogens is 300 g/mol. The maximum Gasteiger partial charge on any atom is 0.307 e. The van der Waals surface area contributed by atoms with Crippen molar-refractivity contribution in [2.75, 3.05) is 0 Å². The van der Waals surface area contributed by atoms with Gasteiger partial charge in [0.1, 0.15) is 5.78 Å². The van der Waals surface area contributed by atoms with Crippen molar-refractivity contribution in [3.8, 4) is 0 Å². The van der Waals surface area contributed by atoms with Crippen molar-refractivity contribution in [1.29, 1.82) is 0 Å².